The molecule has 4 fully saturated rings. The van der Waals surface area contributed by atoms with Crippen molar-refractivity contribution in [2.24, 2.45) is 22.9 Å². The Morgan fingerprint density at radius 1 is 0.932 bits per heavy atom. The molecule has 0 spiro atoms. The van der Waals surface area contributed by atoms with Gasteiger partial charge in [-0.15, -0.1) is 0 Å². The summed E-state index contributed by atoms with van der Waals surface area (Å²) in [5.74, 6) is -0.735. The Hall–Kier alpha value is -1.17. The van der Waals surface area contributed by atoms with Crippen LogP contribution in [0.3, 0.4) is 0 Å². The van der Waals surface area contributed by atoms with Crippen LogP contribution in [0.4, 0.5) is 0 Å². The molecule has 4 aliphatic rings. The highest BCUT2D eigenvalue weighted by Crippen LogP contribution is 2.34. The quantitative estimate of drug-likeness (QED) is 0.0943. The van der Waals surface area contributed by atoms with Crippen molar-refractivity contribution in [3.05, 3.63) is 0 Å². The molecule has 14 atom stereocenters. The summed E-state index contributed by atoms with van der Waals surface area (Å²) in [6.45, 7) is -0.532. The third kappa shape index (κ3) is 8.03. The molecule has 0 radical (unpaired) electrons. The molecule has 256 valence electrons. The van der Waals surface area contributed by atoms with Crippen LogP contribution in [0.1, 0.15) is 32.1 Å². The molecule has 18 nitrogen and oxygen atoms in total. The predicted octanol–water partition coefficient (Wildman–Crippen LogP) is -7.27. The van der Waals surface area contributed by atoms with Gasteiger partial charge >= 0.3 is 0 Å². The summed E-state index contributed by atoms with van der Waals surface area (Å²) in [7, 11) is 0. The van der Waals surface area contributed by atoms with Gasteiger partial charge in [0.1, 0.15) is 42.2 Å². The molecule has 0 bridgehead atoms. The van der Waals surface area contributed by atoms with Gasteiger partial charge in [-0.3, -0.25) is 4.79 Å². The molecule has 2 heterocycles. The number of nitrogens with two attached hydrogens (primary N) is 4. The van der Waals surface area contributed by atoms with Crippen LogP contribution >= 0.6 is 0 Å². The molecule has 0 aromatic heterocycles. The predicted molar refractivity (Wildman–Crippen MR) is 150 cm³/mol. The number of carbonyl (C=O) groups excluding carboxylic acids is 1. The maximum atomic E-state index is 13.0. The number of carbonyl (C=O) groups is 1. The zero-order valence-electron chi connectivity index (χ0n) is 24.5. The summed E-state index contributed by atoms with van der Waals surface area (Å²) < 4.78 is 23.7. The second-order valence-corrected chi connectivity index (χ2v) is 12.5. The third-order valence-electron chi connectivity index (χ3n) is 8.94. The topological polar surface area (TPSA) is 324 Å². The summed E-state index contributed by atoms with van der Waals surface area (Å²) in [4.78, 5) is 13.0. The maximum absolute atomic E-state index is 13.0. The summed E-state index contributed by atoms with van der Waals surface area (Å²) in [6, 6.07) is -4.06. The van der Waals surface area contributed by atoms with Crippen LogP contribution in [0.2, 0.25) is 0 Å². The normalized spacial score (nSPS) is 47.1. The number of ether oxygens (including phenoxy) is 4. The highest BCUT2D eigenvalue weighted by Gasteiger charge is 2.53. The lowest BCUT2D eigenvalue weighted by atomic mass is 9.75. The van der Waals surface area contributed by atoms with Crippen molar-refractivity contribution in [1.29, 1.82) is 0 Å². The van der Waals surface area contributed by atoms with Gasteiger partial charge in [-0.2, -0.15) is 0 Å². The second kappa shape index (κ2) is 15.2. The van der Waals surface area contributed by atoms with E-state index in [0.29, 0.717) is 19.4 Å². The number of hydrogen-bond donors (Lipinski definition) is 13. The highest BCUT2D eigenvalue weighted by molar-refractivity contribution is 5.86. The lowest BCUT2D eigenvalue weighted by Crippen LogP contribution is -2.70. The minimum atomic E-state index is -1.71. The van der Waals surface area contributed by atoms with E-state index in [-0.39, 0.29) is 44.6 Å². The minimum Gasteiger partial charge on any atom is -0.394 e. The van der Waals surface area contributed by atoms with E-state index in [1.165, 1.54) is 0 Å². The van der Waals surface area contributed by atoms with Gasteiger partial charge in [0.05, 0.1) is 43.5 Å². The monoisotopic (exact) mass is 638 g/mol. The Morgan fingerprint density at radius 3 is 2.25 bits per heavy atom. The maximum Gasteiger partial charge on any atom is 0.252 e. The molecule has 2 saturated heterocycles. The number of nitrogens with one attached hydrogen (secondary N) is 2. The smallest absolute Gasteiger partial charge is 0.252 e. The standard InChI is InChI=1S/C26H50N6O12/c27-10-4-26(40,5-10)25(39)32-15-3-14(29)21(43-23-13(28)2-1-12(41-23)7-31-6-11(35)8-33)20(38)22(15)44-24-19(37)17(30)18(36)16(9-34)42-24/h10-24,31,33-38,40H,1-9,27-30H2,(H,32,39)/t10?,11?,12-,13+,14-,15+,16+,17-,18+,19?,20-,21+,22-,23+,24+,26?/m0/s1. The Labute approximate surface area is 254 Å². The van der Waals surface area contributed by atoms with Crippen molar-refractivity contribution in [3.63, 3.8) is 0 Å². The number of aliphatic hydroxyl groups excluding tert-OH is 6. The molecule has 2 aliphatic heterocycles. The van der Waals surface area contributed by atoms with Gasteiger partial charge < -0.3 is 88.3 Å². The molecule has 18 heteroatoms. The van der Waals surface area contributed by atoms with E-state index in [1.54, 1.807) is 0 Å². The lowest BCUT2D eigenvalue weighted by Gasteiger charge is -2.49. The second-order valence-electron chi connectivity index (χ2n) is 12.5. The van der Waals surface area contributed by atoms with Crippen molar-refractivity contribution in [1.82, 2.24) is 10.6 Å². The number of hydrogen-bond acceptors (Lipinski definition) is 17. The summed E-state index contributed by atoms with van der Waals surface area (Å²) in [5, 5.41) is 77.1. The average molecular weight is 639 g/mol. The molecule has 0 aromatic rings. The van der Waals surface area contributed by atoms with E-state index in [4.69, 9.17) is 47.0 Å². The molecule has 0 aromatic carbocycles. The fourth-order valence-corrected chi connectivity index (χ4v) is 6.20. The van der Waals surface area contributed by atoms with Crippen molar-refractivity contribution >= 4 is 5.91 Å². The Bertz CT molecular complexity index is 934. The van der Waals surface area contributed by atoms with Crippen molar-refractivity contribution in [2.75, 3.05) is 26.3 Å². The summed E-state index contributed by atoms with van der Waals surface area (Å²) in [6.07, 6.45) is -10.8. The van der Waals surface area contributed by atoms with Crippen LogP contribution in [0, 0.1) is 0 Å². The lowest BCUT2D eigenvalue weighted by molar-refractivity contribution is -0.314. The van der Waals surface area contributed by atoms with Crippen LogP contribution < -0.4 is 33.6 Å². The highest BCUT2D eigenvalue weighted by atomic mass is 16.7. The first kappa shape index (κ1) is 35.7. The van der Waals surface area contributed by atoms with E-state index in [9.17, 15) is 35.4 Å². The van der Waals surface area contributed by atoms with Gasteiger partial charge in [0.15, 0.2) is 12.6 Å². The van der Waals surface area contributed by atoms with Crippen molar-refractivity contribution in [3.8, 4) is 0 Å². The van der Waals surface area contributed by atoms with E-state index in [2.05, 4.69) is 10.6 Å². The molecular formula is C26H50N6O12. The van der Waals surface area contributed by atoms with Crippen molar-refractivity contribution < 1.29 is 59.5 Å². The van der Waals surface area contributed by atoms with Crippen LogP contribution in [0.25, 0.3) is 0 Å². The number of aliphatic hydroxyl groups is 7. The number of rotatable bonds is 12. The van der Waals surface area contributed by atoms with E-state index in [0.717, 1.165) is 0 Å². The fourth-order valence-electron chi connectivity index (χ4n) is 6.20. The molecule has 17 N–H and O–H groups in total. The van der Waals surface area contributed by atoms with Gasteiger partial charge in [0.25, 0.3) is 5.91 Å². The Balaban J connectivity index is 1.49. The zero-order valence-corrected chi connectivity index (χ0v) is 24.5. The van der Waals surface area contributed by atoms with Gasteiger partial charge in [-0.05, 0) is 19.3 Å². The number of amides is 1. The van der Waals surface area contributed by atoms with Crippen LogP contribution in [0.15, 0.2) is 0 Å². The van der Waals surface area contributed by atoms with Crippen LogP contribution in [-0.2, 0) is 23.7 Å². The van der Waals surface area contributed by atoms with E-state index >= 15 is 0 Å². The molecular weight excluding hydrogens is 588 g/mol. The zero-order chi connectivity index (χ0) is 32.3. The molecule has 2 unspecified atom stereocenters. The fraction of sp³-hybridized carbons (Fsp3) is 0.962. The molecule has 4 rings (SSSR count). The molecule has 2 saturated carbocycles. The van der Waals surface area contributed by atoms with Gasteiger partial charge in [0, 0.05) is 38.0 Å². The first-order valence-electron chi connectivity index (χ1n) is 15.1. The van der Waals surface area contributed by atoms with Crippen LogP contribution in [0.5, 0.6) is 0 Å². The molecule has 1 amide bonds. The Kier molecular flexibility index (Phi) is 12.3. The first-order chi connectivity index (χ1) is 20.8. The molecule has 2 aliphatic carbocycles. The van der Waals surface area contributed by atoms with Gasteiger partial charge in [-0.1, -0.05) is 0 Å². The SMILES string of the molecule is NC1CC(O)(C(=O)N[C@@H]2C[C@H](N)[C@@H](O[C@H]3O[C@H](CNCC(O)CO)CC[C@H]3N)[C@H](O)[C@H]2O[C@H]2O[C@H](CO)[C@@H](O)[C@H](N)C2O)C1. The largest absolute Gasteiger partial charge is 0.394 e. The average Bonchev–Trinajstić information content (AvgIpc) is 2.97. The van der Waals surface area contributed by atoms with E-state index in [1.807, 2.05) is 0 Å². The van der Waals surface area contributed by atoms with Gasteiger partial charge in [-0.25, -0.2) is 0 Å². The Morgan fingerprint density at radius 2 is 1.61 bits per heavy atom. The summed E-state index contributed by atoms with van der Waals surface area (Å²) in [5.41, 5.74) is 22.7. The van der Waals surface area contributed by atoms with Crippen molar-refractivity contribution in [2.45, 2.75) is 129 Å². The van der Waals surface area contributed by atoms with Crippen LogP contribution in [-0.4, -0.2) is 165 Å². The first-order valence-corrected chi connectivity index (χ1v) is 15.1. The summed E-state index contributed by atoms with van der Waals surface area (Å²) >= 11 is 0. The molecule has 44 heavy (non-hydrogen) atoms. The minimum absolute atomic E-state index is 0.00677. The van der Waals surface area contributed by atoms with E-state index < -0.39 is 97.6 Å². The van der Waals surface area contributed by atoms with Gasteiger partial charge in [0.2, 0.25) is 0 Å². The third-order valence-corrected chi connectivity index (χ3v) is 8.94.